The summed E-state index contributed by atoms with van der Waals surface area (Å²) >= 11 is 0. The molecule has 0 spiro atoms. The summed E-state index contributed by atoms with van der Waals surface area (Å²) in [6.45, 7) is 0. The maximum atomic E-state index is 11.9. The molecule has 1 aromatic rings. The molecular weight excluding hydrogens is 138 g/mol. The van der Waals surface area contributed by atoms with E-state index in [1.54, 1.807) is 18.2 Å². The summed E-state index contributed by atoms with van der Waals surface area (Å²) in [7, 11) is -2.65. The third kappa shape index (κ3) is 1.58. The number of halogens is 1. The lowest BCUT2D eigenvalue weighted by atomic mass is 10.4. The van der Waals surface area contributed by atoms with Crippen molar-refractivity contribution >= 4 is 13.4 Å². The van der Waals surface area contributed by atoms with Crippen LogP contribution in [0.15, 0.2) is 30.3 Å². The summed E-state index contributed by atoms with van der Waals surface area (Å²) in [5.41, 5.74) is 0. The molecule has 0 aliphatic rings. The molecule has 0 N–H and O–H groups in total. The van der Waals surface area contributed by atoms with Crippen LogP contribution in [-0.4, -0.2) is 0 Å². The number of hydrogen-bond donors (Lipinski definition) is 0. The van der Waals surface area contributed by atoms with Gasteiger partial charge >= 0.3 is 8.11 Å². The van der Waals surface area contributed by atoms with Gasteiger partial charge in [-0.2, -0.15) is 0 Å². The van der Waals surface area contributed by atoms with Gasteiger partial charge in [0.25, 0.3) is 0 Å². The van der Waals surface area contributed by atoms with Gasteiger partial charge < -0.3 is 0 Å². The van der Waals surface area contributed by atoms with E-state index >= 15 is 0 Å². The van der Waals surface area contributed by atoms with E-state index in [0.29, 0.717) is 0 Å². The zero-order chi connectivity index (χ0) is 6.69. The lowest BCUT2D eigenvalue weighted by Gasteiger charge is -1.75. The summed E-state index contributed by atoms with van der Waals surface area (Å²) < 4.78 is 22.1. The van der Waals surface area contributed by atoms with Crippen molar-refractivity contribution in [2.45, 2.75) is 0 Å². The summed E-state index contributed by atoms with van der Waals surface area (Å²) in [5, 5.41) is 0.257. The first-order valence-corrected chi connectivity index (χ1v) is 3.64. The van der Waals surface area contributed by atoms with Gasteiger partial charge in [0.2, 0.25) is 5.30 Å². The van der Waals surface area contributed by atoms with Crippen LogP contribution in [0.3, 0.4) is 0 Å². The van der Waals surface area contributed by atoms with E-state index in [0.717, 1.165) is 0 Å². The molecule has 46 valence electrons. The van der Waals surface area contributed by atoms with E-state index in [-0.39, 0.29) is 5.30 Å². The third-order valence-electron chi connectivity index (χ3n) is 0.959. The molecule has 0 aliphatic heterocycles. The Kier molecular flexibility index (Phi) is 1.91. The third-order valence-corrected chi connectivity index (χ3v) is 1.66. The van der Waals surface area contributed by atoms with Gasteiger partial charge in [0, 0.05) is 0 Å². The van der Waals surface area contributed by atoms with Gasteiger partial charge in [0.05, 0.1) is 4.20 Å². The van der Waals surface area contributed by atoms with E-state index in [1.165, 1.54) is 12.1 Å². The Morgan fingerprint density at radius 3 is 2.11 bits per heavy atom. The predicted octanol–water partition coefficient (Wildman–Crippen LogP) is 2.02. The van der Waals surface area contributed by atoms with Crippen LogP contribution in [0.5, 0.6) is 0 Å². The Labute approximate surface area is 53.4 Å². The SMILES string of the molecule is O=[P+](F)c1ccccc1. The summed E-state index contributed by atoms with van der Waals surface area (Å²) in [6.07, 6.45) is 0. The first-order valence-electron chi connectivity index (χ1n) is 2.49. The maximum Gasteiger partial charge on any atom is 0.597 e. The molecule has 1 unspecified atom stereocenters. The zero-order valence-corrected chi connectivity index (χ0v) is 5.51. The largest absolute Gasteiger partial charge is 0.597 e. The van der Waals surface area contributed by atoms with Crippen molar-refractivity contribution < 1.29 is 8.76 Å². The number of rotatable bonds is 1. The molecule has 0 aromatic heterocycles. The van der Waals surface area contributed by atoms with Gasteiger partial charge in [-0.3, -0.25) is 0 Å². The second kappa shape index (κ2) is 2.70. The van der Waals surface area contributed by atoms with Crippen molar-refractivity contribution in [1.82, 2.24) is 0 Å². The van der Waals surface area contributed by atoms with Crippen molar-refractivity contribution in [2.75, 3.05) is 0 Å². The molecule has 1 atom stereocenters. The van der Waals surface area contributed by atoms with Crippen LogP contribution in [0, 0.1) is 0 Å². The fourth-order valence-corrected chi connectivity index (χ4v) is 0.952. The van der Waals surface area contributed by atoms with Crippen LogP contribution in [0.1, 0.15) is 0 Å². The predicted molar refractivity (Wildman–Crippen MR) is 34.8 cm³/mol. The fourth-order valence-electron chi connectivity index (χ4n) is 0.545. The van der Waals surface area contributed by atoms with Crippen molar-refractivity contribution in [3.8, 4) is 0 Å². The quantitative estimate of drug-likeness (QED) is 0.549. The molecule has 3 heteroatoms. The fraction of sp³-hybridized carbons (Fsp3) is 0. The van der Waals surface area contributed by atoms with Crippen molar-refractivity contribution in [3.05, 3.63) is 30.3 Å². The highest BCUT2D eigenvalue weighted by Crippen LogP contribution is 2.19. The Morgan fingerprint density at radius 1 is 1.22 bits per heavy atom. The summed E-state index contributed by atoms with van der Waals surface area (Å²) in [5.74, 6) is 0. The van der Waals surface area contributed by atoms with Crippen LogP contribution in [-0.2, 0) is 4.57 Å². The molecule has 0 aliphatic carbocycles. The van der Waals surface area contributed by atoms with Crippen molar-refractivity contribution in [2.24, 2.45) is 0 Å². The lowest BCUT2D eigenvalue weighted by Crippen LogP contribution is -1.89. The summed E-state index contributed by atoms with van der Waals surface area (Å²) in [6, 6.07) is 8.06. The van der Waals surface area contributed by atoms with Crippen molar-refractivity contribution in [3.63, 3.8) is 0 Å². The van der Waals surface area contributed by atoms with E-state index < -0.39 is 8.11 Å². The second-order valence-corrected chi connectivity index (χ2v) is 2.59. The van der Waals surface area contributed by atoms with Gasteiger partial charge in [-0.25, -0.2) is 0 Å². The highest BCUT2D eigenvalue weighted by atomic mass is 31.1. The van der Waals surface area contributed by atoms with Gasteiger partial charge in [-0.15, -0.1) is 0 Å². The molecule has 0 heterocycles. The average molecular weight is 143 g/mol. The molecule has 0 radical (unpaired) electrons. The molecule has 9 heavy (non-hydrogen) atoms. The molecule has 0 fully saturated rings. The number of hydrogen-bond acceptors (Lipinski definition) is 1. The number of benzene rings is 1. The smallest absolute Gasteiger partial charge is 0.0619 e. The molecule has 1 nitrogen and oxygen atoms in total. The maximum absolute atomic E-state index is 11.9. The van der Waals surface area contributed by atoms with Crippen LogP contribution in [0.4, 0.5) is 4.20 Å². The van der Waals surface area contributed by atoms with Crippen LogP contribution in [0.2, 0.25) is 0 Å². The first kappa shape index (κ1) is 6.37. The standard InChI is InChI=1S/C6H5FOP/c7-9(8)6-4-2-1-3-5-6/h1-5H/q+1. The van der Waals surface area contributed by atoms with E-state index in [2.05, 4.69) is 0 Å². The minimum atomic E-state index is -2.65. The van der Waals surface area contributed by atoms with Crippen LogP contribution in [0.25, 0.3) is 0 Å². The van der Waals surface area contributed by atoms with Crippen LogP contribution >= 0.6 is 8.11 Å². The second-order valence-electron chi connectivity index (χ2n) is 1.58. The minimum Gasteiger partial charge on any atom is -0.0619 e. The molecule has 0 saturated heterocycles. The van der Waals surface area contributed by atoms with E-state index in [1.807, 2.05) is 0 Å². The van der Waals surface area contributed by atoms with Crippen LogP contribution < -0.4 is 5.30 Å². The molecule has 0 bridgehead atoms. The molecule has 1 rings (SSSR count). The zero-order valence-electron chi connectivity index (χ0n) is 4.62. The molecule has 1 aromatic carbocycles. The monoisotopic (exact) mass is 143 g/mol. The van der Waals surface area contributed by atoms with Gasteiger partial charge in [0.15, 0.2) is 0 Å². The molecular formula is C6H5FOP+. The Bertz CT molecular complexity index is 210. The normalized spacial score (nSPS) is 11.0. The van der Waals surface area contributed by atoms with Gasteiger partial charge in [0.1, 0.15) is 0 Å². The van der Waals surface area contributed by atoms with Crippen molar-refractivity contribution in [1.29, 1.82) is 0 Å². The van der Waals surface area contributed by atoms with Gasteiger partial charge in [-0.05, 0) is 16.7 Å². The Morgan fingerprint density at radius 2 is 1.78 bits per heavy atom. The summed E-state index contributed by atoms with van der Waals surface area (Å²) in [4.78, 5) is 0. The highest BCUT2D eigenvalue weighted by Gasteiger charge is 2.16. The minimum absolute atomic E-state index is 0.257. The molecule has 0 amide bonds. The Hall–Kier alpha value is -0.750. The highest BCUT2D eigenvalue weighted by molar-refractivity contribution is 7.47. The Balaban J connectivity index is 2.98. The van der Waals surface area contributed by atoms with Gasteiger partial charge in [-0.1, -0.05) is 18.2 Å². The average Bonchev–Trinajstić information content (AvgIpc) is 1.90. The molecule has 0 saturated carbocycles. The van der Waals surface area contributed by atoms with E-state index in [4.69, 9.17) is 0 Å². The van der Waals surface area contributed by atoms with E-state index in [9.17, 15) is 8.76 Å². The topological polar surface area (TPSA) is 17.1 Å². The lowest BCUT2D eigenvalue weighted by molar-refractivity contribution is 0.567. The first-order chi connectivity index (χ1) is 4.30.